The molecule has 4 nitrogen and oxygen atoms in total. The van der Waals surface area contributed by atoms with Gasteiger partial charge in [0.25, 0.3) is 0 Å². The van der Waals surface area contributed by atoms with Gasteiger partial charge in [-0.3, -0.25) is 9.69 Å². The Morgan fingerprint density at radius 2 is 1.85 bits per heavy atom. The normalized spacial score (nSPS) is 11.1. The minimum Gasteiger partial charge on any atom is -0.298 e. The van der Waals surface area contributed by atoms with Gasteiger partial charge in [-0.1, -0.05) is 53.5 Å². The molecule has 26 heavy (non-hydrogen) atoms. The van der Waals surface area contributed by atoms with Crippen LogP contribution in [0.1, 0.15) is 11.3 Å². The van der Waals surface area contributed by atoms with Gasteiger partial charge in [0.05, 0.1) is 34.4 Å². The summed E-state index contributed by atoms with van der Waals surface area (Å²) >= 11 is 12.0. The van der Waals surface area contributed by atoms with Gasteiger partial charge in [-0.25, -0.2) is 4.68 Å². The first kappa shape index (κ1) is 18.6. The number of carbonyl (C=O) groups excluding carboxylic acids is 1. The Kier molecular flexibility index (Phi) is 6.09. The Bertz CT molecular complexity index is 893. The van der Waals surface area contributed by atoms with Crippen molar-refractivity contribution in [2.75, 3.05) is 13.6 Å². The van der Waals surface area contributed by atoms with Crippen LogP contribution in [0.15, 0.2) is 60.8 Å². The van der Waals surface area contributed by atoms with Gasteiger partial charge in [-0.05, 0) is 36.9 Å². The molecule has 3 aromatic rings. The standard InChI is InChI=1S/C20H19Cl2N3O/c1-24(13-15-5-3-2-4-6-15)14-18(26)11-16-9-10-25(23-16)17-7-8-19(21)20(22)12-17/h2-10,12H,11,13-14H2,1H3. The molecule has 134 valence electrons. The van der Waals surface area contributed by atoms with E-state index in [4.69, 9.17) is 23.2 Å². The summed E-state index contributed by atoms with van der Waals surface area (Å²) in [7, 11) is 1.94. The fraction of sp³-hybridized carbons (Fsp3) is 0.200. The van der Waals surface area contributed by atoms with Gasteiger partial charge in [0.2, 0.25) is 0 Å². The van der Waals surface area contributed by atoms with Crippen LogP contribution in [0.2, 0.25) is 10.0 Å². The minimum absolute atomic E-state index is 0.128. The molecule has 6 heteroatoms. The molecule has 0 radical (unpaired) electrons. The average molecular weight is 388 g/mol. The van der Waals surface area contributed by atoms with Gasteiger partial charge < -0.3 is 0 Å². The van der Waals surface area contributed by atoms with E-state index in [0.717, 1.165) is 17.9 Å². The largest absolute Gasteiger partial charge is 0.298 e. The van der Waals surface area contributed by atoms with E-state index < -0.39 is 0 Å². The number of halogens is 2. The number of ketones is 1. The maximum Gasteiger partial charge on any atom is 0.152 e. The molecule has 0 saturated heterocycles. The van der Waals surface area contributed by atoms with Crippen LogP contribution in [0.4, 0.5) is 0 Å². The van der Waals surface area contributed by atoms with E-state index in [0.29, 0.717) is 23.0 Å². The van der Waals surface area contributed by atoms with Crippen LogP contribution in [0, 0.1) is 0 Å². The number of nitrogens with zero attached hydrogens (tertiary/aromatic N) is 3. The molecule has 0 aliphatic carbocycles. The van der Waals surface area contributed by atoms with Crippen molar-refractivity contribution in [2.45, 2.75) is 13.0 Å². The molecule has 0 spiro atoms. The molecule has 0 aliphatic heterocycles. The topological polar surface area (TPSA) is 38.1 Å². The zero-order valence-corrected chi connectivity index (χ0v) is 15.9. The van der Waals surface area contributed by atoms with Crippen LogP contribution in [0.3, 0.4) is 0 Å². The molecule has 1 heterocycles. The number of aromatic nitrogens is 2. The second-order valence-electron chi connectivity index (χ2n) is 6.22. The third-order valence-corrected chi connectivity index (χ3v) is 4.67. The van der Waals surface area contributed by atoms with Gasteiger partial charge in [0, 0.05) is 12.7 Å². The Hall–Kier alpha value is -2.14. The lowest BCUT2D eigenvalue weighted by Gasteiger charge is -2.15. The lowest BCUT2D eigenvalue weighted by Crippen LogP contribution is -2.26. The summed E-state index contributed by atoms with van der Waals surface area (Å²) in [6.07, 6.45) is 2.11. The van der Waals surface area contributed by atoms with Crippen LogP contribution < -0.4 is 0 Å². The van der Waals surface area contributed by atoms with Crippen LogP contribution in [0.5, 0.6) is 0 Å². The molecule has 0 unspecified atom stereocenters. The van der Waals surface area contributed by atoms with E-state index in [1.165, 1.54) is 5.56 Å². The highest BCUT2D eigenvalue weighted by Gasteiger charge is 2.11. The van der Waals surface area contributed by atoms with Gasteiger partial charge in [-0.15, -0.1) is 0 Å². The molecule has 0 aliphatic rings. The molecule has 1 aromatic heterocycles. The minimum atomic E-state index is 0.128. The molecule has 0 atom stereocenters. The molecule has 2 aromatic carbocycles. The van der Waals surface area contributed by atoms with Crippen molar-refractivity contribution in [1.82, 2.24) is 14.7 Å². The fourth-order valence-corrected chi connectivity index (χ4v) is 3.03. The third-order valence-electron chi connectivity index (χ3n) is 3.93. The number of benzene rings is 2. The molecular weight excluding hydrogens is 369 g/mol. The van der Waals surface area contributed by atoms with E-state index in [9.17, 15) is 4.79 Å². The van der Waals surface area contributed by atoms with E-state index in [2.05, 4.69) is 17.2 Å². The predicted octanol–water partition coefficient (Wildman–Crippen LogP) is 4.42. The highest BCUT2D eigenvalue weighted by atomic mass is 35.5. The number of likely N-dealkylation sites (N-methyl/N-ethyl adjacent to an activating group) is 1. The Labute approximate surface area is 163 Å². The lowest BCUT2D eigenvalue weighted by atomic mass is 10.2. The summed E-state index contributed by atoms with van der Waals surface area (Å²) in [4.78, 5) is 14.3. The number of hydrogen-bond donors (Lipinski definition) is 0. The number of Topliss-reactive ketones (excluding diaryl/α,β-unsaturated/α-hetero) is 1. The molecule has 0 fully saturated rings. The van der Waals surface area contributed by atoms with Crippen LogP contribution in [-0.2, 0) is 17.8 Å². The first-order valence-corrected chi connectivity index (χ1v) is 9.01. The predicted molar refractivity (Wildman–Crippen MR) is 105 cm³/mol. The van der Waals surface area contributed by atoms with E-state index in [1.807, 2.05) is 48.5 Å². The maximum atomic E-state index is 12.3. The van der Waals surface area contributed by atoms with Crippen LogP contribution in [-0.4, -0.2) is 34.1 Å². The third kappa shape index (κ3) is 4.94. The zero-order valence-electron chi connectivity index (χ0n) is 14.4. The van der Waals surface area contributed by atoms with Gasteiger partial charge in [0.15, 0.2) is 5.78 Å². The Morgan fingerprint density at radius 3 is 2.58 bits per heavy atom. The van der Waals surface area contributed by atoms with Crippen molar-refractivity contribution in [3.63, 3.8) is 0 Å². The quantitative estimate of drug-likeness (QED) is 0.601. The van der Waals surface area contributed by atoms with Gasteiger partial charge in [-0.2, -0.15) is 5.10 Å². The maximum absolute atomic E-state index is 12.3. The van der Waals surface area contributed by atoms with E-state index >= 15 is 0 Å². The smallest absolute Gasteiger partial charge is 0.152 e. The fourth-order valence-electron chi connectivity index (χ4n) is 2.74. The summed E-state index contributed by atoms with van der Waals surface area (Å²) in [5, 5.41) is 5.43. The summed E-state index contributed by atoms with van der Waals surface area (Å²) < 4.78 is 1.69. The molecule has 0 N–H and O–H groups in total. The number of rotatable bonds is 7. The Balaban J connectivity index is 1.58. The first-order chi connectivity index (χ1) is 12.5. The first-order valence-electron chi connectivity index (χ1n) is 8.25. The van der Waals surface area contributed by atoms with Crippen molar-refractivity contribution in [3.05, 3.63) is 82.1 Å². The highest BCUT2D eigenvalue weighted by Crippen LogP contribution is 2.24. The van der Waals surface area contributed by atoms with E-state index in [1.54, 1.807) is 16.8 Å². The van der Waals surface area contributed by atoms with E-state index in [-0.39, 0.29) is 5.78 Å². The molecule has 0 amide bonds. The van der Waals surface area contributed by atoms with Gasteiger partial charge >= 0.3 is 0 Å². The van der Waals surface area contributed by atoms with Gasteiger partial charge in [0.1, 0.15) is 0 Å². The van der Waals surface area contributed by atoms with Crippen molar-refractivity contribution in [1.29, 1.82) is 0 Å². The summed E-state index contributed by atoms with van der Waals surface area (Å²) in [6.45, 7) is 1.12. The average Bonchev–Trinajstić information content (AvgIpc) is 3.06. The van der Waals surface area contributed by atoms with Crippen molar-refractivity contribution in [3.8, 4) is 5.69 Å². The molecule has 0 saturated carbocycles. The lowest BCUT2D eigenvalue weighted by molar-refractivity contribution is -0.119. The van der Waals surface area contributed by atoms with Crippen molar-refractivity contribution < 1.29 is 4.79 Å². The zero-order chi connectivity index (χ0) is 18.5. The number of hydrogen-bond acceptors (Lipinski definition) is 3. The second-order valence-corrected chi connectivity index (χ2v) is 7.04. The molecular formula is C20H19Cl2N3O. The summed E-state index contributed by atoms with van der Waals surface area (Å²) in [6, 6.07) is 17.2. The van der Waals surface area contributed by atoms with Crippen molar-refractivity contribution in [2.24, 2.45) is 0 Å². The van der Waals surface area contributed by atoms with Crippen molar-refractivity contribution >= 4 is 29.0 Å². The highest BCUT2D eigenvalue weighted by molar-refractivity contribution is 6.42. The SMILES string of the molecule is CN(CC(=O)Cc1ccn(-c2ccc(Cl)c(Cl)c2)n1)Cc1ccccc1. The number of carbonyl (C=O) groups is 1. The van der Waals surface area contributed by atoms with Crippen LogP contribution in [0.25, 0.3) is 5.69 Å². The Morgan fingerprint density at radius 1 is 1.08 bits per heavy atom. The monoisotopic (exact) mass is 387 g/mol. The molecule has 0 bridgehead atoms. The van der Waals surface area contributed by atoms with Crippen LogP contribution >= 0.6 is 23.2 Å². The summed E-state index contributed by atoms with van der Waals surface area (Å²) in [5.74, 6) is 0.128. The summed E-state index contributed by atoms with van der Waals surface area (Å²) in [5.41, 5.74) is 2.72. The molecule has 3 rings (SSSR count). The second kappa shape index (κ2) is 8.49.